The van der Waals surface area contributed by atoms with Crippen molar-refractivity contribution in [2.45, 2.75) is 107 Å². The SMILES string of the molecule is CC[Si](=O)C[Si](C)(C)C[SiH](CCC1CCC2OC2C1)C[Si](C)(C)C. The Hall–Kier alpha value is 0.628. The first-order valence-corrected chi connectivity index (χ1v) is 21.6. The lowest BCUT2D eigenvalue weighted by atomic mass is 9.88. The van der Waals surface area contributed by atoms with Crippen LogP contribution in [0.4, 0.5) is 0 Å². The normalized spacial score (nSPS) is 28.3. The predicted molar refractivity (Wildman–Crippen MR) is 115 cm³/mol. The average Bonchev–Trinajstić information content (AvgIpc) is 3.20. The topological polar surface area (TPSA) is 29.6 Å². The van der Waals surface area contributed by atoms with Crippen molar-refractivity contribution in [2.24, 2.45) is 5.92 Å². The Labute approximate surface area is 155 Å². The monoisotopic (exact) mass is 400 g/mol. The second kappa shape index (κ2) is 8.54. The number of epoxide rings is 1. The van der Waals surface area contributed by atoms with E-state index in [1.807, 2.05) is 0 Å². The van der Waals surface area contributed by atoms with Crippen molar-refractivity contribution in [1.29, 1.82) is 0 Å². The zero-order chi connectivity index (χ0) is 18.0. The van der Waals surface area contributed by atoms with E-state index in [9.17, 15) is 4.46 Å². The molecular weight excluding hydrogens is 361 g/mol. The zero-order valence-electron chi connectivity index (χ0n) is 17.0. The van der Waals surface area contributed by atoms with Gasteiger partial charge in [-0.1, -0.05) is 63.5 Å². The van der Waals surface area contributed by atoms with Crippen molar-refractivity contribution in [3.05, 3.63) is 0 Å². The molecule has 1 heterocycles. The van der Waals surface area contributed by atoms with Gasteiger partial charge in [0.1, 0.15) is 0 Å². The van der Waals surface area contributed by atoms with E-state index in [1.165, 1.54) is 25.7 Å². The van der Waals surface area contributed by atoms with Crippen LogP contribution in [0.3, 0.4) is 0 Å². The molecule has 140 valence electrons. The van der Waals surface area contributed by atoms with Gasteiger partial charge in [-0.05, 0) is 36.9 Å². The maximum Gasteiger partial charge on any atom is 0.273 e. The summed E-state index contributed by atoms with van der Waals surface area (Å²) in [4.78, 5) is 0. The summed E-state index contributed by atoms with van der Waals surface area (Å²) in [5.74, 6) is 0.949. The average molecular weight is 401 g/mol. The third-order valence-electron chi connectivity index (χ3n) is 5.91. The van der Waals surface area contributed by atoms with Crippen molar-refractivity contribution in [3.8, 4) is 0 Å². The van der Waals surface area contributed by atoms with Crippen LogP contribution in [-0.2, 0) is 9.20 Å². The molecule has 1 aliphatic heterocycles. The van der Waals surface area contributed by atoms with Gasteiger partial charge in [-0.15, -0.1) is 0 Å². The van der Waals surface area contributed by atoms with Crippen LogP contribution in [0.1, 0.15) is 32.6 Å². The number of rotatable bonds is 10. The van der Waals surface area contributed by atoms with Gasteiger partial charge in [0.2, 0.25) is 0 Å². The molecule has 1 saturated carbocycles. The van der Waals surface area contributed by atoms with Crippen LogP contribution in [0.2, 0.25) is 61.8 Å². The Morgan fingerprint density at radius 1 is 1.08 bits per heavy atom. The molecule has 4 unspecified atom stereocenters. The third kappa shape index (κ3) is 7.48. The van der Waals surface area contributed by atoms with Crippen LogP contribution in [-0.4, -0.2) is 45.8 Å². The van der Waals surface area contributed by atoms with E-state index >= 15 is 0 Å². The minimum Gasteiger partial charge on any atom is -0.389 e. The highest BCUT2D eigenvalue weighted by atomic mass is 28.4. The standard InChI is InChI=1S/C18H40O2Si4/c1-7-22(19)15-24(5,6)14-21(13-23(2,3)4)11-10-16-8-9-17-18(12-16)20-17/h16-18,21H,7-15H2,1-6H3. The molecule has 2 fully saturated rings. The predicted octanol–water partition coefficient (Wildman–Crippen LogP) is 5.28. The molecule has 0 spiro atoms. The molecule has 0 aromatic carbocycles. The molecule has 2 rings (SSSR count). The molecule has 2 aliphatic rings. The molecule has 24 heavy (non-hydrogen) atoms. The van der Waals surface area contributed by atoms with Crippen LogP contribution < -0.4 is 0 Å². The molecule has 0 bridgehead atoms. The van der Waals surface area contributed by atoms with E-state index in [0.717, 1.165) is 17.6 Å². The molecule has 0 radical (unpaired) electrons. The maximum absolute atomic E-state index is 12.2. The second-order valence-electron chi connectivity index (χ2n) is 10.5. The summed E-state index contributed by atoms with van der Waals surface area (Å²) >= 11 is 0. The number of ether oxygens (including phenoxy) is 1. The van der Waals surface area contributed by atoms with Gasteiger partial charge < -0.3 is 9.20 Å². The Morgan fingerprint density at radius 3 is 2.38 bits per heavy atom. The highest BCUT2D eigenvalue weighted by molar-refractivity contribution is 6.97. The first-order chi connectivity index (χ1) is 11.1. The first-order valence-electron chi connectivity index (χ1n) is 10.2. The first kappa shape index (κ1) is 20.9. The Balaban J connectivity index is 1.87. The minimum atomic E-state index is -1.28. The molecule has 1 saturated heterocycles. The molecular formula is C18H40O2Si4. The van der Waals surface area contributed by atoms with Gasteiger partial charge in [0.25, 0.3) is 8.68 Å². The highest BCUT2D eigenvalue weighted by Gasteiger charge is 2.43. The van der Waals surface area contributed by atoms with Crippen LogP contribution in [0.15, 0.2) is 0 Å². The lowest BCUT2D eigenvalue weighted by Gasteiger charge is -2.31. The molecule has 4 atom stereocenters. The molecule has 0 N–H and O–H groups in total. The fraction of sp³-hybridized carbons (Fsp3) is 1.00. The summed E-state index contributed by atoms with van der Waals surface area (Å²) in [6.45, 7) is 14.8. The van der Waals surface area contributed by atoms with E-state index in [-0.39, 0.29) is 0 Å². The van der Waals surface area contributed by atoms with E-state index in [4.69, 9.17) is 4.74 Å². The van der Waals surface area contributed by atoms with Crippen molar-refractivity contribution in [1.82, 2.24) is 0 Å². The fourth-order valence-electron chi connectivity index (χ4n) is 4.88. The number of hydrogen-bond donors (Lipinski definition) is 0. The fourth-order valence-corrected chi connectivity index (χ4v) is 29.7. The minimum absolute atomic E-state index is 0.641. The molecule has 6 heteroatoms. The van der Waals surface area contributed by atoms with Crippen molar-refractivity contribution in [2.75, 3.05) is 0 Å². The van der Waals surface area contributed by atoms with Gasteiger partial charge in [-0.2, -0.15) is 0 Å². The van der Waals surface area contributed by atoms with Gasteiger partial charge in [0.05, 0.1) is 12.2 Å². The van der Waals surface area contributed by atoms with E-state index < -0.39 is 33.6 Å². The van der Waals surface area contributed by atoms with Crippen LogP contribution in [0, 0.1) is 5.92 Å². The van der Waals surface area contributed by atoms with Gasteiger partial charge in [-0.25, -0.2) is 0 Å². The third-order valence-corrected chi connectivity index (χ3v) is 27.2. The summed E-state index contributed by atoms with van der Waals surface area (Å²) in [5, 5.41) is 0. The quantitative estimate of drug-likeness (QED) is 0.369. The molecule has 2 nitrogen and oxygen atoms in total. The van der Waals surface area contributed by atoms with Gasteiger partial charge >= 0.3 is 0 Å². The van der Waals surface area contributed by atoms with E-state index in [2.05, 4.69) is 39.7 Å². The van der Waals surface area contributed by atoms with Crippen LogP contribution >= 0.6 is 0 Å². The Kier molecular flexibility index (Phi) is 7.45. The molecule has 0 aromatic rings. The van der Waals surface area contributed by atoms with Gasteiger partial charge in [-0.3, -0.25) is 0 Å². The summed E-state index contributed by atoms with van der Waals surface area (Å²) in [7, 11) is -4.17. The zero-order valence-corrected chi connectivity index (χ0v) is 21.1. The summed E-state index contributed by atoms with van der Waals surface area (Å²) in [6, 6.07) is 2.47. The molecule has 0 aromatic heterocycles. The lowest BCUT2D eigenvalue weighted by molar-refractivity contribution is 0.357. The van der Waals surface area contributed by atoms with Crippen molar-refractivity contribution >= 4 is 33.6 Å². The number of fused-ring (bicyclic) bond motifs is 1. The second-order valence-corrected chi connectivity index (χ2v) is 28.8. The largest absolute Gasteiger partial charge is 0.389 e. The van der Waals surface area contributed by atoms with E-state index in [1.54, 1.807) is 17.4 Å². The maximum atomic E-state index is 12.2. The Morgan fingerprint density at radius 2 is 1.79 bits per heavy atom. The van der Waals surface area contributed by atoms with Gasteiger partial charge in [0.15, 0.2) is 0 Å². The summed E-state index contributed by atoms with van der Waals surface area (Å²) < 4.78 is 17.9. The van der Waals surface area contributed by atoms with Crippen LogP contribution in [0.5, 0.6) is 0 Å². The Bertz CT molecular complexity index is 433. The summed E-state index contributed by atoms with van der Waals surface area (Å²) in [5.41, 5.74) is 4.26. The van der Waals surface area contributed by atoms with E-state index in [0.29, 0.717) is 12.2 Å². The number of hydrogen-bond acceptors (Lipinski definition) is 2. The lowest BCUT2D eigenvalue weighted by Crippen LogP contribution is -2.39. The van der Waals surface area contributed by atoms with Crippen molar-refractivity contribution in [3.63, 3.8) is 0 Å². The van der Waals surface area contributed by atoms with Crippen molar-refractivity contribution < 1.29 is 9.20 Å². The summed E-state index contributed by atoms with van der Waals surface area (Å²) in [6.07, 6.45) is 6.86. The van der Waals surface area contributed by atoms with Crippen LogP contribution in [0.25, 0.3) is 0 Å². The smallest absolute Gasteiger partial charge is 0.273 e. The molecule has 1 aliphatic carbocycles. The molecule has 0 amide bonds. The van der Waals surface area contributed by atoms with Gasteiger partial charge in [0, 0.05) is 24.9 Å². The highest BCUT2D eigenvalue weighted by Crippen LogP contribution is 2.41.